The highest BCUT2D eigenvalue weighted by Gasteiger charge is 2.16. The summed E-state index contributed by atoms with van der Waals surface area (Å²) in [5.41, 5.74) is 1.04. The summed E-state index contributed by atoms with van der Waals surface area (Å²) < 4.78 is 15.7. The fraction of sp³-hybridized carbons (Fsp3) is 0.579. The van der Waals surface area contributed by atoms with Gasteiger partial charge in [0.2, 0.25) is 0 Å². The molecule has 0 aliphatic heterocycles. The number of amides is 2. The smallest absolute Gasteiger partial charge is 0.407 e. The predicted octanol–water partition coefficient (Wildman–Crippen LogP) is 2.66. The molecule has 7 heteroatoms. The van der Waals surface area contributed by atoms with Crippen LogP contribution < -0.4 is 20.1 Å². The van der Waals surface area contributed by atoms with Crippen LogP contribution in [0.3, 0.4) is 0 Å². The van der Waals surface area contributed by atoms with E-state index >= 15 is 0 Å². The second-order valence-corrected chi connectivity index (χ2v) is 6.44. The summed E-state index contributed by atoms with van der Waals surface area (Å²) in [7, 11) is 1.55. The van der Waals surface area contributed by atoms with Crippen molar-refractivity contribution >= 4 is 12.0 Å². The number of rotatable bonds is 10. The number of hydrogen-bond acceptors (Lipinski definition) is 5. The molecule has 2 N–H and O–H groups in total. The number of methoxy groups -OCH3 is 1. The molecule has 1 aromatic rings. The largest absolute Gasteiger partial charge is 0.493 e. The quantitative estimate of drug-likeness (QED) is 0.665. The van der Waals surface area contributed by atoms with Crippen molar-refractivity contribution in [2.24, 2.45) is 5.92 Å². The van der Waals surface area contributed by atoms with Crippen molar-refractivity contribution in [3.63, 3.8) is 0 Å². The zero-order valence-corrected chi connectivity index (χ0v) is 16.3. The Labute approximate surface area is 155 Å². The fourth-order valence-electron chi connectivity index (χ4n) is 2.43. The van der Waals surface area contributed by atoms with E-state index < -0.39 is 6.09 Å². The summed E-state index contributed by atoms with van der Waals surface area (Å²) in [6.45, 7) is 8.28. The van der Waals surface area contributed by atoms with E-state index in [0.717, 1.165) is 12.0 Å². The maximum atomic E-state index is 12.1. The van der Waals surface area contributed by atoms with Gasteiger partial charge in [-0.3, -0.25) is 4.79 Å². The van der Waals surface area contributed by atoms with Crippen molar-refractivity contribution < 1.29 is 23.8 Å². The van der Waals surface area contributed by atoms with Crippen LogP contribution in [0.4, 0.5) is 4.79 Å². The van der Waals surface area contributed by atoms with E-state index in [0.29, 0.717) is 30.6 Å². The van der Waals surface area contributed by atoms with Crippen molar-refractivity contribution in [2.75, 3.05) is 26.9 Å². The number of hydrogen-bond donors (Lipinski definition) is 2. The van der Waals surface area contributed by atoms with Gasteiger partial charge < -0.3 is 24.8 Å². The van der Waals surface area contributed by atoms with Crippen LogP contribution in [0.15, 0.2) is 18.2 Å². The van der Waals surface area contributed by atoms with Gasteiger partial charge in [-0.15, -0.1) is 0 Å². The molecular weight excluding hydrogens is 336 g/mol. The number of benzene rings is 1. The molecule has 0 radical (unpaired) electrons. The van der Waals surface area contributed by atoms with Crippen molar-refractivity contribution in [2.45, 2.75) is 40.2 Å². The molecule has 1 rings (SSSR count). The predicted molar refractivity (Wildman–Crippen MR) is 99.6 cm³/mol. The highest BCUT2D eigenvalue weighted by molar-refractivity contribution is 5.77. The molecule has 0 aliphatic carbocycles. The zero-order chi connectivity index (χ0) is 19.5. The lowest BCUT2D eigenvalue weighted by Gasteiger charge is -2.21. The molecule has 0 heterocycles. The molecule has 146 valence electrons. The average Bonchev–Trinajstić information content (AvgIpc) is 2.58. The van der Waals surface area contributed by atoms with E-state index in [2.05, 4.69) is 24.5 Å². The molecule has 0 spiro atoms. The summed E-state index contributed by atoms with van der Waals surface area (Å²) >= 11 is 0. The highest BCUT2D eigenvalue weighted by Crippen LogP contribution is 2.27. The first kappa shape index (κ1) is 21.6. The Hall–Kier alpha value is -2.44. The SMILES string of the molecule is CCOC(=O)NC(CNC(=O)COc1ccc(C)cc1OC)CC(C)C. The van der Waals surface area contributed by atoms with E-state index in [1.165, 1.54) is 0 Å². The molecule has 0 saturated carbocycles. The van der Waals surface area contributed by atoms with Crippen LogP contribution >= 0.6 is 0 Å². The normalized spacial score (nSPS) is 11.6. The summed E-state index contributed by atoms with van der Waals surface area (Å²) in [5, 5.41) is 5.55. The molecule has 0 fully saturated rings. The van der Waals surface area contributed by atoms with Gasteiger partial charge >= 0.3 is 6.09 Å². The van der Waals surface area contributed by atoms with E-state index in [4.69, 9.17) is 14.2 Å². The van der Waals surface area contributed by atoms with Crippen LogP contribution in [-0.4, -0.2) is 44.9 Å². The lowest BCUT2D eigenvalue weighted by atomic mass is 10.0. The number of alkyl carbamates (subject to hydrolysis) is 1. The van der Waals surface area contributed by atoms with Gasteiger partial charge in [-0.2, -0.15) is 0 Å². The molecule has 0 saturated heterocycles. The van der Waals surface area contributed by atoms with Gasteiger partial charge in [-0.1, -0.05) is 19.9 Å². The number of nitrogens with one attached hydrogen (secondary N) is 2. The number of carbonyl (C=O) groups excluding carboxylic acids is 2. The van der Waals surface area contributed by atoms with Crippen LogP contribution in [0.5, 0.6) is 11.5 Å². The first-order valence-electron chi connectivity index (χ1n) is 8.83. The first-order valence-corrected chi connectivity index (χ1v) is 8.83. The lowest BCUT2D eigenvalue weighted by Crippen LogP contribution is -2.45. The Morgan fingerprint density at radius 3 is 2.54 bits per heavy atom. The van der Waals surface area contributed by atoms with E-state index in [1.54, 1.807) is 20.1 Å². The summed E-state index contributed by atoms with van der Waals surface area (Å²) in [6, 6.07) is 5.30. The molecule has 1 unspecified atom stereocenters. The van der Waals surface area contributed by atoms with Gasteiger partial charge in [0.15, 0.2) is 18.1 Å². The number of carbonyl (C=O) groups is 2. The Morgan fingerprint density at radius 2 is 1.92 bits per heavy atom. The van der Waals surface area contributed by atoms with Gasteiger partial charge in [0.1, 0.15) is 0 Å². The topological polar surface area (TPSA) is 85.9 Å². The molecule has 26 heavy (non-hydrogen) atoms. The number of aryl methyl sites for hydroxylation is 1. The molecule has 0 bridgehead atoms. The Balaban J connectivity index is 2.50. The summed E-state index contributed by atoms with van der Waals surface area (Å²) in [5.74, 6) is 1.19. The molecule has 1 atom stereocenters. The van der Waals surface area contributed by atoms with Crippen molar-refractivity contribution in [3.8, 4) is 11.5 Å². The van der Waals surface area contributed by atoms with Gasteiger partial charge in [-0.05, 0) is 43.9 Å². The van der Waals surface area contributed by atoms with E-state index in [9.17, 15) is 9.59 Å². The Morgan fingerprint density at radius 1 is 1.19 bits per heavy atom. The number of ether oxygens (including phenoxy) is 3. The average molecular weight is 366 g/mol. The van der Waals surface area contributed by atoms with Crippen molar-refractivity contribution in [1.29, 1.82) is 0 Å². The molecule has 0 aliphatic rings. The molecule has 2 amide bonds. The Bertz CT molecular complexity index is 589. The monoisotopic (exact) mass is 366 g/mol. The fourth-order valence-corrected chi connectivity index (χ4v) is 2.43. The van der Waals surface area contributed by atoms with E-state index in [-0.39, 0.29) is 18.6 Å². The molecule has 7 nitrogen and oxygen atoms in total. The summed E-state index contributed by atoms with van der Waals surface area (Å²) in [4.78, 5) is 23.7. The zero-order valence-electron chi connectivity index (χ0n) is 16.3. The maximum absolute atomic E-state index is 12.1. The van der Waals surface area contributed by atoms with Crippen LogP contribution in [0.1, 0.15) is 32.8 Å². The summed E-state index contributed by atoms with van der Waals surface area (Å²) in [6.07, 6.45) is 0.249. The third-order valence-corrected chi connectivity index (χ3v) is 3.58. The van der Waals surface area contributed by atoms with Crippen LogP contribution in [-0.2, 0) is 9.53 Å². The first-order chi connectivity index (χ1) is 12.3. The van der Waals surface area contributed by atoms with Gasteiger partial charge in [0, 0.05) is 12.6 Å². The lowest BCUT2D eigenvalue weighted by molar-refractivity contribution is -0.123. The molecule has 1 aromatic carbocycles. The minimum absolute atomic E-state index is 0.132. The van der Waals surface area contributed by atoms with Crippen LogP contribution in [0.2, 0.25) is 0 Å². The second-order valence-electron chi connectivity index (χ2n) is 6.44. The third-order valence-electron chi connectivity index (χ3n) is 3.58. The van der Waals surface area contributed by atoms with Crippen LogP contribution in [0.25, 0.3) is 0 Å². The van der Waals surface area contributed by atoms with Gasteiger partial charge in [-0.25, -0.2) is 4.79 Å². The standard InChI is InChI=1S/C19H30N2O5/c1-6-25-19(23)21-15(9-13(2)3)11-20-18(22)12-26-16-8-7-14(4)10-17(16)24-5/h7-8,10,13,15H,6,9,11-12H2,1-5H3,(H,20,22)(H,21,23). The van der Waals surface area contributed by atoms with Gasteiger partial charge in [0.05, 0.1) is 13.7 Å². The van der Waals surface area contributed by atoms with Gasteiger partial charge in [0.25, 0.3) is 5.91 Å². The minimum atomic E-state index is -0.479. The second kappa shape index (κ2) is 11.2. The highest BCUT2D eigenvalue weighted by atomic mass is 16.5. The third kappa shape index (κ3) is 8.09. The Kier molecular flexibility index (Phi) is 9.33. The minimum Gasteiger partial charge on any atom is -0.493 e. The molecular formula is C19H30N2O5. The molecule has 0 aromatic heterocycles. The van der Waals surface area contributed by atoms with E-state index in [1.807, 2.05) is 19.1 Å². The van der Waals surface area contributed by atoms with Crippen molar-refractivity contribution in [1.82, 2.24) is 10.6 Å². The van der Waals surface area contributed by atoms with Crippen molar-refractivity contribution in [3.05, 3.63) is 23.8 Å². The van der Waals surface area contributed by atoms with Crippen LogP contribution in [0, 0.1) is 12.8 Å². The maximum Gasteiger partial charge on any atom is 0.407 e.